The van der Waals surface area contributed by atoms with E-state index in [0.717, 1.165) is 11.3 Å². The molecule has 2 atom stereocenters. The highest BCUT2D eigenvalue weighted by atomic mass is 28.4. The Morgan fingerprint density at radius 1 is 1.28 bits per heavy atom. The molecule has 0 saturated carbocycles. The molecular weight excluding hydrogens is 386 g/mol. The van der Waals surface area contributed by atoms with Crippen molar-refractivity contribution in [3.8, 4) is 5.75 Å². The van der Waals surface area contributed by atoms with Crippen LogP contribution in [0.25, 0.3) is 0 Å². The fraction of sp³-hybridized carbons (Fsp3) is 0.545. The number of hydrogen-bond acceptors (Lipinski definition) is 5. The largest absolute Gasteiger partial charge is 0.508 e. The highest BCUT2D eigenvalue weighted by molar-refractivity contribution is 6.74. The van der Waals surface area contributed by atoms with Gasteiger partial charge in [0.05, 0.1) is 12.6 Å². The molecule has 0 unspecified atom stereocenters. The molecule has 0 aliphatic carbocycles. The lowest BCUT2D eigenvalue weighted by molar-refractivity contribution is -0.151. The number of nitrogens with zero attached hydrogens (tertiary/aromatic N) is 1. The summed E-state index contributed by atoms with van der Waals surface area (Å²) in [5.41, 5.74) is 1.52. The average Bonchev–Trinajstić information content (AvgIpc) is 2.61. The van der Waals surface area contributed by atoms with Gasteiger partial charge in [0.15, 0.2) is 8.32 Å². The van der Waals surface area contributed by atoms with Gasteiger partial charge in [-0.1, -0.05) is 26.8 Å². The third-order valence-corrected chi connectivity index (χ3v) is 10.7. The van der Waals surface area contributed by atoms with Gasteiger partial charge in [-0.3, -0.25) is 14.5 Å². The number of rotatable bonds is 3. The maximum atomic E-state index is 13.1. The van der Waals surface area contributed by atoms with Crippen LogP contribution in [-0.4, -0.2) is 44.1 Å². The second kappa shape index (κ2) is 7.95. The molecule has 3 rings (SSSR count). The Morgan fingerprint density at radius 3 is 2.69 bits per heavy atom. The van der Waals surface area contributed by atoms with Crippen molar-refractivity contribution in [2.75, 3.05) is 11.5 Å². The van der Waals surface area contributed by atoms with Gasteiger partial charge in [-0.25, -0.2) is 0 Å². The standard InChI is InChI=1S/C22H31NO5Si/c1-22(2,3)29(4,5)27-14-18-19-13-15-12-16(24)10-11-17(15)23(18)20(25)8-6-7-9-21(26)28-19/h6,8,10-12,18-19,24H,7,9,13-14H2,1-5H3/t18-,19+/m1/s1. The Morgan fingerprint density at radius 2 is 2.00 bits per heavy atom. The van der Waals surface area contributed by atoms with Gasteiger partial charge >= 0.3 is 5.97 Å². The quantitative estimate of drug-likeness (QED) is 0.596. The molecule has 2 aliphatic rings. The van der Waals surface area contributed by atoms with E-state index in [2.05, 4.69) is 33.9 Å². The summed E-state index contributed by atoms with van der Waals surface area (Å²) in [5.74, 6) is -0.321. The number of fused-ring (bicyclic) bond motifs is 4. The SMILES string of the molecule is CC(C)(C)[Si](C)(C)OC[C@@H]1[C@@H]2Cc3cc(O)ccc3N1C(=O)C=CCCC(=O)O2. The molecule has 1 aromatic carbocycles. The van der Waals surface area contributed by atoms with Crippen molar-refractivity contribution in [3.05, 3.63) is 35.9 Å². The normalized spacial score (nSPS) is 22.9. The number of ether oxygens (including phenoxy) is 1. The smallest absolute Gasteiger partial charge is 0.306 e. The van der Waals surface area contributed by atoms with E-state index in [4.69, 9.17) is 9.16 Å². The zero-order chi connectivity index (χ0) is 21.4. The molecule has 0 spiro atoms. The topological polar surface area (TPSA) is 76.1 Å². The van der Waals surface area contributed by atoms with Crippen LogP contribution in [-0.2, 0) is 25.2 Å². The van der Waals surface area contributed by atoms with Crippen molar-refractivity contribution in [3.63, 3.8) is 0 Å². The number of allylic oxidation sites excluding steroid dienone is 1. The van der Waals surface area contributed by atoms with E-state index in [1.807, 2.05) is 0 Å². The van der Waals surface area contributed by atoms with Crippen LogP contribution < -0.4 is 4.90 Å². The van der Waals surface area contributed by atoms with Crippen LogP contribution in [0.3, 0.4) is 0 Å². The number of aromatic hydroxyl groups is 1. The predicted molar refractivity (Wildman–Crippen MR) is 114 cm³/mol. The van der Waals surface area contributed by atoms with Crippen molar-refractivity contribution in [1.29, 1.82) is 0 Å². The zero-order valence-electron chi connectivity index (χ0n) is 17.9. The molecule has 2 bridgehead atoms. The summed E-state index contributed by atoms with van der Waals surface area (Å²) in [6, 6.07) is 4.55. The van der Waals surface area contributed by atoms with Crippen LogP contribution in [0.2, 0.25) is 18.1 Å². The number of carbonyl (C=O) groups is 2. The maximum Gasteiger partial charge on any atom is 0.306 e. The first-order valence-corrected chi connectivity index (χ1v) is 13.1. The highest BCUT2D eigenvalue weighted by Crippen LogP contribution is 2.39. The number of benzene rings is 1. The van der Waals surface area contributed by atoms with E-state index in [-0.39, 0.29) is 29.1 Å². The summed E-state index contributed by atoms with van der Waals surface area (Å²) in [4.78, 5) is 27.1. The Kier molecular flexibility index (Phi) is 5.92. The van der Waals surface area contributed by atoms with Crippen molar-refractivity contribution >= 4 is 25.9 Å². The van der Waals surface area contributed by atoms with E-state index in [9.17, 15) is 14.7 Å². The fourth-order valence-corrected chi connectivity index (χ4v) is 4.48. The molecule has 29 heavy (non-hydrogen) atoms. The summed E-state index contributed by atoms with van der Waals surface area (Å²) in [7, 11) is -2.06. The summed E-state index contributed by atoms with van der Waals surface area (Å²) in [6.45, 7) is 11.1. The first-order valence-electron chi connectivity index (χ1n) is 10.1. The van der Waals surface area contributed by atoms with Crippen LogP contribution in [0.4, 0.5) is 5.69 Å². The molecule has 7 heteroatoms. The minimum absolute atomic E-state index is 0.0255. The molecule has 1 amide bonds. The molecule has 1 aromatic rings. The van der Waals surface area contributed by atoms with E-state index in [0.29, 0.717) is 19.4 Å². The minimum Gasteiger partial charge on any atom is -0.508 e. The number of phenols is 1. The molecule has 6 nitrogen and oxygen atoms in total. The summed E-state index contributed by atoms with van der Waals surface area (Å²) in [5, 5.41) is 9.94. The second-order valence-electron chi connectivity index (χ2n) is 9.33. The Bertz CT molecular complexity index is 827. The van der Waals surface area contributed by atoms with E-state index < -0.39 is 20.5 Å². The molecule has 158 valence electrons. The van der Waals surface area contributed by atoms with Crippen LogP contribution in [0.5, 0.6) is 5.75 Å². The first kappa shape index (κ1) is 21.6. The van der Waals surface area contributed by atoms with Crippen molar-refractivity contribution in [2.45, 2.75) is 70.3 Å². The van der Waals surface area contributed by atoms with Crippen LogP contribution >= 0.6 is 0 Å². The van der Waals surface area contributed by atoms with Gasteiger partial charge in [0.25, 0.3) is 5.91 Å². The van der Waals surface area contributed by atoms with Crippen LogP contribution in [0.15, 0.2) is 30.4 Å². The molecule has 1 N–H and O–H groups in total. The lowest BCUT2D eigenvalue weighted by Gasteiger charge is -2.44. The van der Waals surface area contributed by atoms with Crippen molar-refractivity contribution in [2.24, 2.45) is 0 Å². The number of hydrogen-bond donors (Lipinski definition) is 1. The molecule has 0 saturated heterocycles. The van der Waals surface area contributed by atoms with Gasteiger partial charge in [0, 0.05) is 18.5 Å². The molecule has 2 aliphatic heterocycles. The summed E-state index contributed by atoms with van der Waals surface area (Å²) >= 11 is 0. The number of carbonyl (C=O) groups excluding carboxylic acids is 2. The van der Waals surface area contributed by atoms with Gasteiger partial charge in [-0.05, 0) is 54.4 Å². The summed E-state index contributed by atoms with van der Waals surface area (Å²) < 4.78 is 12.2. The molecule has 0 aromatic heterocycles. The van der Waals surface area contributed by atoms with E-state index >= 15 is 0 Å². The third-order valence-electron chi connectivity index (χ3n) is 6.22. The summed E-state index contributed by atoms with van der Waals surface area (Å²) in [6.07, 6.45) is 3.87. The third kappa shape index (κ3) is 4.56. The van der Waals surface area contributed by atoms with Gasteiger partial charge in [0.1, 0.15) is 11.9 Å². The molecule has 0 fully saturated rings. The average molecular weight is 418 g/mol. The van der Waals surface area contributed by atoms with E-state index in [1.54, 1.807) is 29.2 Å². The number of amides is 1. The van der Waals surface area contributed by atoms with Gasteiger partial charge in [-0.2, -0.15) is 0 Å². The Labute approximate surface area is 173 Å². The Hall–Kier alpha value is -2.12. The number of esters is 1. The number of anilines is 1. The maximum absolute atomic E-state index is 13.1. The molecular formula is C22H31NO5Si. The lowest BCUT2D eigenvalue weighted by atomic mass is 9.92. The minimum atomic E-state index is -2.06. The second-order valence-corrected chi connectivity index (χ2v) is 14.1. The highest BCUT2D eigenvalue weighted by Gasteiger charge is 2.43. The molecule has 2 heterocycles. The fourth-order valence-electron chi connectivity index (χ4n) is 3.46. The van der Waals surface area contributed by atoms with Crippen molar-refractivity contribution in [1.82, 2.24) is 0 Å². The monoisotopic (exact) mass is 417 g/mol. The lowest BCUT2D eigenvalue weighted by Crippen LogP contribution is -2.56. The zero-order valence-corrected chi connectivity index (χ0v) is 18.9. The van der Waals surface area contributed by atoms with Crippen molar-refractivity contribution < 1.29 is 23.9 Å². The van der Waals surface area contributed by atoms with Gasteiger partial charge < -0.3 is 14.3 Å². The first-order chi connectivity index (χ1) is 13.5. The van der Waals surface area contributed by atoms with Crippen LogP contribution in [0.1, 0.15) is 39.2 Å². The predicted octanol–water partition coefficient (Wildman–Crippen LogP) is 3.93. The molecule has 0 radical (unpaired) electrons. The number of phenolic OH excluding ortho intramolecular Hbond substituents is 1. The van der Waals surface area contributed by atoms with Gasteiger partial charge in [-0.15, -0.1) is 0 Å². The Balaban J connectivity index is 2.02. The van der Waals surface area contributed by atoms with Gasteiger partial charge in [0.2, 0.25) is 0 Å². The van der Waals surface area contributed by atoms with Crippen LogP contribution in [0, 0.1) is 0 Å². The van der Waals surface area contributed by atoms with E-state index in [1.165, 1.54) is 6.08 Å².